The van der Waals surface area contributed by atoms with E-state index in [1.807, 2.05) is 42.8 Å². The van der Waals surface area contributed by atoms with Gasteiger partial charge < -0.3 is 5.32 Å². The fourth-order valence-electron chi connectivity index (χ4n) is 3.17. The third-order valence-corrected chi connectivity index (χ3v) is 4.85. The molecule has 0 bridgehead atoms. The topological polar surface area (TPSA) is 46.9 Å². The van der Waals surface area contributed by atoms with Crippen LogP contribution in [-0.4, -0.2) is 22.2 Å². The number of nitrogens with one attached hydrogen (secondary N) is 1. The molecular formula is C24H27N3O. The zero-order chi connectivity index (χ0) is 19.9. The van der Waals surface area contributed by atoms with Crippen molar-refractivity contribution in [1.29, 1.82) is 0 Å². The van der Waals surface area contributed by atoms with Gasteiger partial charge in [0.1, 0.15) is 0 Å². The summed E-state index contributed by atoms with van der Waals surface area (Å²) in [5.41, 5.74) is 6.68. The van der Waals surface area contributed by atoms with Crippen LogP contribution in [0.2, 0.25) is 0 Å². The third-order valence-electron chi connectivity index (χ3n) is 4.85. The molecule has 0 aliphatic carbocycles. The molecule has 0 aliphatic heterocycles. The number of benzene rings is 2. The molecule has 0 fully saturated rings. The van der Waals surface area contributed by atoms with Gasteiger partial charge in [0.25, 0.3) is 0 Å². The highest BCUT2D eigenvalue weighted by Crippen LogP contribution is 2.16. The molecule has 1 aromatic heterocycles. The van der Waals surface area contributed by atoms with Gasteiger partial charge in [0.05, 0.1) is 12.2 Å². The second kappa shape index (κ2) is 9.18. The SMILES string of the molecule is Cc1ccc(Cn2nc(C)c(/C=C/C(=O)NCCc3ccccc3)c2C)cc1. The van der Waals surface area contributed by atoms with Gasteiger partial charge in [-0.1, -0.05) is 60.2 Å². The van der Waals surface area contributed by atoms with E-state index in [0.29, 0.717) is 6.54 Å². The summed E-state index contributed by atoms with van der Waals surface area (Å²) in [5, 5.41) is 7.58. The predicted octanol–water partition coefficient (Wildman–Crippen LogP) is 4.23. The largest absolute Gasteiger partial charge is 0.352 e. The average Bonchev–Trinajstić information content (AvgIpc) is 2.96. The molecule has 0 saturated heterocycles. The Morgan fingerprint density at radius 3 is 2.43 bits per heavy atom. The molecule has 0 aliphatic rings. The molecule has 144 valence electrons. The molecule has 0 radical (unpaired) electrons. The van der Waals surface area contributed by atoms with Crippen LogP contribution in [0.15, 0.2) is 60.7 Å². The van der Waals surface area contributed by atoms with E-state index in [0.717, 1.165) is 29.9 Å². The van der Waals surface area contributed by atoms with E-state index in [4.69, 9.17) is 0 Å². The Labute approximate surface area is 166 Å². The van der Waals surface area contributed by atoms with Crippen LogP contribution in [0.1, 0.15) is 33.6 Å². The minimum atomic E-state index is -0.0824. The first kappa shape index (κ1) is 19.6. The second-order valence-electron chi connectivity index (χ2n) is 7.09. The molecule has 0 unspecified atom stereocenters. The summed E-state index contributed by atoms with van der Waals surface area (Å²) in [7, 11) is 0. The van der Waals surface area contributed by atoms with Gasteiger partial charge in [-0.15, -0.1) is 0 Å². The quantitative estimate of drug-likeness (QED) is 0.630. The molecule has 1 amide bonds. The highest BCUT2D eigenvalue weighted by molar-refractivity contribution is 5.92. The Bertz CT molecular complexity index is 954. The highest BCUT2D eigenvalue weighted by Gasteiger charge is 2.10. The number of carbonyl (C=O) groups excluding carboxylic acids is 1. The normalized spacial score (nSPS) is 11.1. The Hall–Kier alpha value is -3.14. The van der Waals surface area contributed by atoms with Crippen LogP contribution < -0.4 is 5.32 Å². The van der Waals surface area contributed by atoms with E-state index in [2.05, 4.69) is 53.7 Å². The standard InChI is InChI=1S/C24H27N3O/c1-18-9-11-22(12-10-18)17-27-20(3)23(19(2)26-27)13-14-24(28)25-16-15-21-7-5-4-6-8-21/h4-14H,15-17H2,1-3H3,(H,25,28)/b14-13+. The van der Waals surface area contributed by atoms with Gasteiger partial charge in [-0.3, -0.25) is 9.48 Å². The number of hydrogen-bond donors (Lipinski definition) is 1. The van der Waals surface area contributed by atoms with E-state index in [1.165, 1.54) is 16.7 Å². The summed E-state index contributed by atoms with van der Waals surface area (Å²) in [6.07, 6.45) is 4.28. The minimum absolute atomic E-state index is 0.0824. The van der Waals surface area contributed by atoms with Gasteiger partial charge in [0, 0.05) is 23.9 Å². The first-order valence-electron chi connectivity index (χ1n) is 9.62. The molecule has 3 rings (SSSR count). The fraction of sp³-hybridized carbons (Fsp3) is 0.250. The summed E-state index contributed by atoms with van der Waals surface area (Å²) < 4.78 is 1.99. The smallest absolute Gasteiger partial charge is 0.244 e. The van der Waals surface area contributed by atoms with Gasteiger partial charge in [0.15, 0.2) is 0 Å². The van der Waals surface area contributed by atoms with Gasteiger partial charge in [-0.25, -0.2) is 0 Å². The maximum absolute atomic E-state index is 12.1. The van der Waals surface area contributed by atoms with E-state index in [9.17, 15) is 4.79 Å². The van der Waals surface area contributed by atoms with E-state index in [-0.39, 0.29) is 5.91 Å². The van der Waals surface area contributed by atoms with Gasteiger partial charge in [0.2, 0.25) is 5.91 Å². The van der Waals surface area contributed by atoms with Crippen molar-refractivity contribution in [2.75, 3.05) is 6.54 Å². The minimum Gasteiger partial charge on any atom is -0.352 e. The maximum Gasteiger partial charge on any atom is 0.244 e. The number of aryl methyl sites for hydroxylation is 2. The number of amides is 1. The lowest BCUT2D eigenvalue weighted by molar-refractivity contribution is -0.116. The Kier molecular flexibility index (Phi) is 6.43. The van der Waals surface area contributed by atoms with Crippen LogP contribution in [0, 0.1) is 20.8 Å². The average molecular weight is 374 g/mol. The molecule has 4 nitrogen and oxygen atoms in total. The Balaban J connectivity index is 1.59. The Morgan fingerprint density at radius 2 is 1.71 bits per heavy atom. The van der Waals surface area contributed by atoms with Gasteiger partial charge in [-0.2, -0.15) is 5.10 Å². The summed E-state index contributed by atoms with van der Waals surface area (Å²) in [6.45, 7) is 7.45. The molecule has 2 aromatic carbocycles. The van der Waals surface area contributed by atoms with Crippen LogP contribution in [0.5, 0.6) is 0 Å². The van der Waals surface area contributed by atoms with Crippen molar-refractivity contribution in [3.8, 4) is 0 Å². The number of rotatable bonds is 7. The first-order chi connectivity index (χ1) is 13.5. The van der Waals surface area contributed by atoms with Crippen LogP contribution in [0.25, 0.3) is 6.08 Å². The second-order valence-corrected chi connectivity index (χ2v) is 7.09. The van der Waals surface area contributed by atoms with E-state index >= 15 is 0 Å². The molecule has 3 aromatic rings. The van der Waals surface area contributed by atoms with E-state index < -0.39 is 0 Å². The summed E-state index contributed by atoms with van der Waals surface area (Å²) in [6, 6.07) is 18.6. The lowest BCUT2D eigenvalue weighted by Crippen LogP contribution is -2.23. The zero-order valence-corrected chi connectivity index (χ0v) is 16.8. The van der Waals surface area contributed by atoms with Crippen LogP contribution in [-0.2, 0) is 17.8 Å². The van der Waals surface area contributed by atoms with Crippen LogP contribution in [0.3, 0.4) is 0 Å². The molecule has 0 atom stereocenters. The number of nitrogens with zero attached hydrogens (tertiary/aromatic N) is 2. The van der Waals surface area contributed by atoms with Crippen LogP contribution in [0.4, 0.5) is 0 Å². The van der Waals surface area contributed by atoms with Crippen molar-refractivity contribution in [3.63, 3.8) is 0 Å². The van der Waals surface area contributed by atoms with Crippen LogP contribution >= 0.6 is 0 Å². The molecule has 0 saturated carbocycles. The monoisotopic (exact) mass is 373 g/mol. The van der Waals surface area contributed by atoms with Crippen molar-refractivity contribution >= 4 is 12.0 Å². The Morgan fingerprint density at radius 1 is 1.00 bits per heavy atom. The first-order valence-corrected chi connectivity index (χ1v) is 9.62. The molecule has 0 spiro atoms. The number of aromatic nitrogens is 2. The summed E-state index contributed by atoms with van der Waals surface area (Å²) >= 11 is 0. The fourth-order valence-corrected chi connectivity index (χ4v) is 3.17. The third kappa shape index (κ3) is 5.19. The lowest BCUT2D eigenvalue weighted by atomic mass is 10.1. The van der Waals surface area contributed by atoms with Crippen molar-refractivity contribution in [2.45, 2.75) is 33.7 Å². The molecule has 4 heteroatoms. The number of carbonyl (C=O) groups is 1. The van der Waals surface area contributed by atoms with Gasteiger partial charge in [-0.05, 0) is 44.4 Å². The molecule has 28 heavy (non-hydrogen) atoms. The van der Waals surface area contributed by atoms with Crippen molar-refractivity contribution < 1.29 is 4.79 Å². The zero-order valence-electron chi connectivity index (χ0n) is 16.8. The lowest BCUT2D eigenvalue weighted by Gasteiger charge is -2.05. The van der Waals surface area contributed by atoms with Crippen molar-refractivity contribution in [2.24, 2.45) is 0 Å². The maximum atomic E-state index is 12.1. The van der Waals surface area contributed by atoms with E-state index in [1.54, 1.807) is 6.08 Å². The van der Waals surface area contributed by atoms with Gasteiger partial charge >= 0.3 is 0 Å². The summed E-state index contributed by atoms with van der Waals surface area (Å²) in [5.74, 6) is -0.0824. The molecule has 1 heterocycles. The summed E-state index contributed by atoms with van der Waals surface area (Å²) in [4.78, 5) is 12.1. The molecular weight excluding hydrogens is 346 g/mol. The van der Waals surface area contributed by atoms with Crippen molar-refractivity contribution in [1.82, 2.24) is 15.1 Å². The predicted molar refractivity (Wildman–Crippen MR) is 114 cm³/mol. The van der Waals surface area contributed by atoms with Crippen molar-refractivity contribution in [3.05, 3.63) is 94.3 Å². The number of hydrogen-bond acceptors (Lipinski definition) is 2. The molecule has 1 N–H and O–H groups in total. The highest BCUT2D eigenvalue weighted by atomic mass is 16.1.